The predicted octanol–water partition coefficient (Wildman–Crippen LogP) is 6.60. The molecule has 26 heavy (non-hydrogen) atoms. The minimum Gasteiger partial charge on any atom is -0.252 e. The van der Waals surface area contributed by atoms with Crippen LogP contribution in [0, 0.1) is 0 Å². The molecule has 134 valence electrons. The predicted molar refractivity (Wildman–Crippen MR) is 114 cm³/mol. The number of hydrazone groups is 1. The van der Waals surface area contributed by atoms with Crippen molar-refractivity contribution >= 4 is 33.8 Å². The van der Waals surface area contributed by atoms with E-state index < -0.39 is 0 Å². The number of hydrogen-bond acceptors (Lipinski definition) is 4. The van der Waals surface area contributed by atoms with E-state index in [4.69, 9.17) is 11.6 Å². The Balaban J connectivity index is 1.70. The topological polar surface area (TPSA) is 37.3 Å². The van der Waals surface area contributed by atoms with Gasteiger partial charge in [0.2, 0.25) is 5.13 Å². The lowest BCUT2D eigenvalue weighted by molar-refractivity contribution is 0.590. The third kappa shape index (κ3) is 4.51. The number of nitrogens with zero attached hydrogens (tertiary/aromatic N) is 2. The minimum absolute atomic E-state index is 0.154. The first-order chi connectivity index (χ1) is 12.3. The fraction of sp³-hybridized carbons (Fsp3) is 0.238. The molecule has 2 aromatic carbocycles. The summed E-state index contributed by atoms with van der Waals surface area (Å²) in [7, 11) is 0. The fourth-order valence-electron chi connectivity index (χ4n) is 2.49. The molecule has 0 atom stereocenters. The first-order valence-corrected chi connectivity index (χ1v) is 9.71. The molecule has 0 bridgehead atoms. The van der Waals surface area contributed by atoms with Crippen LogP contribution in [-0.4, -0.2) is 10.7 Å². The van der Waals surface area contributed by atoms with Gasteiger partial charge in [-0.2, -0.15) is 5.10 Å². The SMILES string of the molecule is C/C(=N/Nc1nc(-c2ccc(Cl)cc2)cs1)c1ccc(C(C)(C)C)cc1. The van der Waals surface area contributed by atoms with Gasteiger partial charge in [0.25, 0.3) is 0 Å². The fourth-order valence-corrected chi connectivity index (χ4v) is 3.27. The molecule has 0 spiro atoms. The molecule has 3 aromatic rings. The second-order valence-electron chi connectivity index (χ2n) is 7.18. The number of rotatable bonds is 4. The van der Waals surface area contributed by atoms with E-state index in [1.807, 2.05) is 36.6 Å². The molecule has 0 aliphatic carbocycles. The number of hydrogen-bond donors (Lipinski definition) is 1. The first-order valence-electron chi connectivity index (χ1n) is 8.45. The summed E-state index contributed by atoms with van der Waals surface area (Å²) in [5, 5.41) is 7.97. The van der Waals surface area contributed by atoms with Gasteiger partial charge in [0, 0.05) is 16.0 Å². The molecule has 3 rings (SSSR count). The molecule has 5 heteroatoms. The highest BCUT2D eigenvalue weighted by Gasteiger charge is 2.13. The van der Waals surface area contributed by atoms with Crippen LogP contribution in [0.25, 0.3) is 11.3 Å². The van der Waals surface area contributed by atoms with Crippen LogP contribution in [0.2, 0.25) is 5.02 Å². The molecule has 0 saturated carbocycles. The summed E-state index contributed by atoms with van der Waals surface area (Å²) in [5.74, 6) is 0. The Morgan fingerprint density at radius 1 is 1.04 bits per heavy atom. The van der Waals surface area contributed by atoms with E-state index in [2.05, 4.69) is 60.5 Å². The monoisotopic (exact) mass is 383 g/mol. The number of thiazole rings is 1. The van der Waals surface area contributed by atoms with E-state index in [0.29, 0.717) is 0 Å². The van der Waals surface area contributed by atoms with Crippen LogP contribution in [0.4, 0.5) is 5.13 Å². The van der Waals surface area contributed by atoms with Gasteiger partial charge in [-0.15, -0.1) is 11.3 Å². The van der Waals surface area contributed by atoms with Gasteiger partial charge in [0.05, 0.1) is 11.4 Å². The van der Waals surface area contributed by atoms with Crippen LogP contribution in [-0.2, 0) is 5.41 Å². The lowest BCUT2D eigenvalue weighted by Gasteiger charge is -2.19. The van der Waals surface area contributed by atoms with Crippen molar-refractivity contribution in [2.24, 2.45) is 5.10 Å². The zero-order valence-electron chi connectivity index (χ0n) is 15.4. The van der Waals surface area contributed by atoms with Gasteiger partial charge in [-0.25, -0.2) is 4.98 Å². The van der Waals surface area contributed by atoms with Crippen LogP contribution in [0.1, 0.15) is 38.8 Å². The van der Waals surface area contributed by atoms with E-state index in [-0.39, 0.29) is 5.41 Å². The average molecular weight is 384 g/mol. The molecule has 0 radical (unpaired) electrons. The summed E-state index contributed by atoms with van der Waals surface area (Å²) < 4.78 is 0. The molecule has 0 unspecified atom stereocenters. The summed E-state index contributed by atoms with van der Waals surface area (Å²) in [4.78, 5) is 4.58. The Morgan fingerprint density at radius 2 is 1.69 bits per heavy atom. The van der Waals surface area contributed by atoms with Crippen molar-refractivity contribution in [2.45, 2.75) is 33.1 Å². The zero-order valence-corrected chi connectivity index (χ0v) is 16.9. The van der Waals surface area contributed by atoms with Crippen LogP contribution < -0.4 is 5.43 Å². The molecule has 0 fully saturated rings. The summed E-state index contributed by atoms with van der Waals surface area (Å²) >= 11 is 7.46. The van der Waals surface area contributed by atoms with Crippen molar-refractivity contribution in [3.63, 3.8) is 0 Å². The van der Waals surface area contributed by atoms with Crippen molar-refractivity contribution in [3.8, 4) is 11.3 Å². The smallest absolute Gasteiger partial charge is 0.203 e. The molecule has 1 aromatic heterocycles. The quantitative estimate of drug-likeness (QED) is 0.407. The molecular weight excluding hydrogens is 362 g/mol. The summed E-state index contributed by atoms with van der Waals surface area (Å²) in [6.45, 7) is 8.63. The van der Waals surface area contributed by atoms with Crippen molar-refractivity contribution in [3.05, 3.63) is 70.1 Å². The standard InChI is InChI=1S/C21H22ClN3S/c1-14(15-5-9-17(10-6-15)21(2,3)4)24-25-20-23-19(13-26-20)16-7-11-18(22)12-8-16/h5-13H,1-4H3,(H,23,25)/b24-14-. The molecule has 0 saturated heterocycles. The molecule has 0 aliphatic rings. The molecular formula is C21H22ClN3S. The largest absolute Gasteiger partial charge is 0.252 e. The maximum absolute atomic E-state index is 5.93. The second kappa shape index (κ2) is 7.60. The maximum atomic E-state index is 5.93. The van der Waals surface area contributed by atoms with Gasteiger partial charge in [0.1, 0.15) is 0 Å². The molecule has 0 aliphatic heterocycles. The lowest BCUT2D eigenvalue weighted by Crippen LogP contribution is -2.11. The average Bonchev–Trinajstić information content (AvgIpc) is 3.08. The number of anilines is 1. The summed E-state index contributed by atoms with van der Waals surface area (Å²) in [5.41, 5.74) is 8.50. The van der Waals surface area contributed by atoms with E-state index in [1.165, 1.54) is 16.9 Å². The number of aromatic nitrogens is 1. The van der Waals surface area contributed by atoms with E-state index in [1.54, 1.807) is 0 Å². The van der Waals surface area contributed by atoms with Crippen LogP contribution in [0.15, 0.2) is 59.0 Å². The van der Waals surface area contributed by atoms with Crippen molar-refractivity contribution in [2.75, 3.05) is 5.43 Å². The van der Waals surface area contributed by atoms with Gasteiger partial charge < -0.3 is 0 Å². The van der Waals surface area contributed by atoms with E-state index in [0.717, 1.165) is 32.7 Å². The van der Waals surface area contributed by atoms with Crippen molar-refractivity contribution in [1.29, 1.82) is 0 Å². The Hall–Kier alpha value is -2.17. The minimum atomic E-state index is 0.154. The summed E-state index contributed by atoms with van der Waals surface area (Å²) in [6, 6.07) is 16.2. The van der Waals surface area contributed by atoms with Gasteiger partial charge in [-0.1, -0.05) is 68.8 Å². The van der Waals surface area contributed by atoms with Crippen LogP contribution >= 0.6 is 22.9 Å². The zero-order chi connectivity index (χ0) is 18.7. The van der Waals surface area contributed by atoms with Crippen LogP contribution in [0.3, 0.4) is 0 Å². The van der Waals surface area contributed by atoms with Crippen molar-refractivity contribution < 1.29 is 0 Å². The highest BCUT2D eigenvalue weighted by atomic mass is 35.5. The second-order valence-corrected chi connectivity index (χ2v) is 8.48. The van der Waals surface area contributed by atoms with Crippen molar-refractivity contribution in [1.82, 2.24) is 4.98 Å². The van der Waals surface area contributed by atoms with E-state index >= 15 is 0 Å². The van der Waals surface area contributed by atoms with Crippen LogP contribution in [0.5, 0.6) is 0 Å². The molecule has 0 amide bonds. The van der Waals surface area contributed by atoms with E-state index in [9.17, 15) is 0 Å². The summed E-state index contributed by atoms with van der Waals surface area (Å²) in [6.07, 6.45) is 0. The lowest BCUT2D eigenvalue weighted by atomic mass is 9.86. The van der Waals surface area contributed by atoms with Gasteiger partial charge >= 0.3 is 0 Å². The van der Waals surface area contributed by atoms with Gasteiger partial charge in [-0.05, 0) is 35.6 Å². The Bertz CT molecular complexity index is 904. The Kier molecular flexibility index (Phi) is 5.44. The normalized spacial score (nSPS) is 12.3. The van der Waals surface area contributed by atoms with Gasteiger partial charge in [0.15, 0.2) is 0 Å². The number of benzene rings is 2. The maximum Gasteiger partial charge on any atom is 0.203 e. The Morgan fingerprint density at radius 3 is 2.31 bits per heavy atom. The molecule has 3 nitrogen and oxygen atoms in total. The highest BCUT2D eigenvalue weighted by Crippen LogP contribution is 2.26. The molecule has 1 heterocycles. The number of halogens is 1. The first kappa shape index (κ1) is 18.6. The third-order valence-corrected chi connectivity index (χ3v) is 5.13. The molecule has 1 N–H and O–H groups in total. The highest BCUT2D eigenvalue weighted by molar-refractivity contribution is 7.14. The third-order valence-electron chi connectivity index (χ3n) is 4.13. The Labute approximate surface area is 163 Å². The van der Waals surface area contributed by atoms with Gasteiger partial charge in [-0.3, -0.25) is 5.43 Å². The number of nitrogens with one attached hydrogen (secondary N) is 1.